The number of hydrogen-bond acceptors (Lipinski definition) is 3. The van der Waals surface area contributed by atoms with Gasteiger partial charge >= 0.3 is 0 Å². The van der Waals surface area contributed by atoms with Crippen LogP contribution in [0, 0.1) is 15.9 Å². The van der Waals surface area contributed by atoms with E-state index in [2.05, 4.69) is 5.32 Å². The lowest BCUT2D eigenvalue weighted by atomic mass is 10.1. The van der Waals surface area contributed by atoms with Crippen LogP contribution < -0.4 is 5.32 Å². The Bertz CT molecular complexity index is 742. The summed E-state index contributed by atoms with van der Waals surface area (Å²) >= 11 is 0. The van der Waals surface area contributed by atoms with Gasteiger partial charge in [-0.1, -0.05) is 24.3 Å². The molecule has 23 heavy (non-hydrogen) atoms. The van der Waals surface area contributed by atoms with Gasteiger partial charge in [-0.3, -0.25) is 14.9 Å². The fourth-order valence-corrected chi connectivity index (χ4v) is 2.01. The topological polar surface area (TPSA) is 72.2 Å². The lowest BCUT2D eigenvalue weighted by molar-refractivity contribution is -0.384. The maximum atomic E-state index is 12.9. The second kappa shape index (κ2) is 7.31. The second-order valence-electron chi connectivity index (χ2n) is 4.97. The zero-order chi connectivity index (χ0) is 16.8. The van der Waals surface area contributed by atoms with Crippen molar-refractivity contribution >= 4 is 17.7 Å². The molecule has 0 bridgehead atoms. The Labute approximate surface area is 132 Å². The fraction of sp³-hybridized carbons (Fsp3) is 0.118. The van der Waals surface area contributed by atoms with Gasteiger partial charge in [0.05, 0.1) is 11.0 Å². The predicted molar refractivity (Wildman–Crippen MR) is 85.1 cm³/mol. The third-order valence-corrected chi connectivity index (χ3v) is 3.24. The average molecular weight is 314 g/mol. The molecule has 0 aliphatic carbocycles. The Morgan fingerprint density at radius 2 is 1.96 bits per heavy atom. The van der Waals surface area contributed by atoms with Crippen LogP contribution in [0.5, 0.6) is 0 Å². The molecular weight excluding hydrogens is 299 g/mol. The minimum atomic E-state index is -0.492. The first kappa shape index (κ1) is 16.4. The number of amides is 1. The van der Waals surface area contributed by atoms with Gasteiger partial charge in [0.2, 0.25) is 5.91 Å². The van der Waals surface area contributed by atoms with Gasteiger partial charge in [0.1, 0.15) is 5.82 Å². The molecule has 0 aromatic heterocycles. The molecule has 2 aromatic carbocycles. The van der Waals surface area contributed by atoms with Gasteiger partial charge in [-0.2, -0.15) is 0 Å². The lowest BCUT2D eigenvalue weighted by Crippen LogP contribution is -2.24. The van der Waals surface area contributed by atoms with Gasteiger partial charge in [-0.15, -0.1) is 0 Å². The van der Waals surface area contributed by atoms with E-state index < -0.39 is 4.92 Å². The summed E-state index contributed by atoms with van der Waals surface area (Å²) in [6.07, 6.45) is 2.80. The smallest absolute Gasteiger partial charge is 0.270 e. The van der Waals surface area contributed by atoms with Crippen molar-refractivity contribution in [3.63, 3.8) is 0 Å². The van der Waals surface area contributed by atoms with Crippen molar-refractivity contribution in [2.45, 2.75) is 13.0 Å². The van der Waals surface area contributed by atoms with Gasteiger partial charge in [0.25, 0.3) is 5.69 Å². The number of nitrogens with one attached hydrogen (secondary N) is 1. The van der Waals surface area contributed by atoms with Crippen molar-refractivity contribution in [1.82, 2.24) is 5.32 Å². The molecule has 2 rings (SSSR count). The summed E-state index contributed by atoms with van der Waals surface area (Å²) in [5.74, 6) is -0.675. The zero-order valence-electron chi connectivity index (χ0n) is 12.4. The highest BCUT2D eigenvalue weighted by Gasteiger charge is 2.08. The van der Waals surface area contributed by atoms with Crippen LogP contribution in [0.25, 0.3) is 6.08 Å². The van der Waals surface area contributed by atoms with E-state index in [1.54, 1.807) is 31.2 Å². The molecule has 1 atom stereocenters. The van der Waals surface area contributed by atoms with E-state index in [9.17, 15) is 19.3 Å². The lowest BCUT2D eigenvalue weighted by Gasteiger charge is -2.12. The van der Waals surface area contributed by atoms with E-state index in [4.69, 9.17) is 0 Å². The summed E-state index contributed by atoms with van der Waals surface area (Å²) in [6, 6.07) is 11.6. The third kappa shape index (κ3) is 4.74. The number of hydrogen-bond donors (Lipinski definition) is 1. The first-order valence-electron chi connectivity index (χ1n) is 6.94. The number of benzene rings is 2. The average Bonchev–Trinajstić information content (AvgIpc) is 2.53. The van der Waals surface area contributed by atoms with Crippen molar-refractivity contribution in [2.24, 2.45) is 0 Å². The number of halogens is 1. The number of carbonyl (C=O) groups excluding carboxylic acids is 1. The molecule has 1 N–H and O–H groups in total. The molecule has 0 unspecified atom stereocenters. The molecule has 0 fully saturated rings. The van der Waals surface area contributed by atoms with Gasteiger partial charge in [0.15, 0.2) is 0 Å². The summed E-state index contributed by atoms with van der Waals surface area (Å²) in [6.45, 7) is 1.78. The second-order valence-corrected chi connectivity index (χ2v) is 4.97. The first-order valence-corrected chi connectivity index (χ1v) is 6.94. The molecule has 0 spiro atoms. The van der Waals surface area contributed by atoms with Crippen LogP contribution in [0.15, 0.2) is 54.6 Å². The monoisotopic (exact) mass is 314 g/mol. The number of non-ortho nitro benzene ring substituents is 1. The predicted octanol–water partition coefficient (Wildman–Crippen LogP) is 3.62. The summed E-state index contributed by atoms with van der Waals surface area (Å²) in [5.41, 5.74) is 1.31. The van der Waals surface area contributed by atoms with Gasteiger partial charge in [-0.05, 0) is 36.3 Å². The third-order valence-electron chi connectivity index (χ3n) is 3.24. The van der Waals surface area contributed by atoms with E-state index in [0.29, 0.717) is 5.56 Å². The quantitative estimate of drug-likeness (QED) is 0.520. The maximum Gasteiger partial charge on any atom is 0.270 e. The van der Waals surface area contributed by atoms with Crippen LogP contribution >= 0.6 is 0 Å². The molecule has 0 saturated heterocycles. The van der Waals surface area contributed by atoms with Crippen LogP contribution in [-0.2, 0) is 4.79 Å². The summed E-state index contributed by atoms with van der Waals surface area (Å²) in [4.78, 5) is 22.1. The molecule has 6 heteroatoms. The molecule has 1 amide bonds. The SMILES string of the molecule is C[C@H](NC(=O)/C=C/c1cccc([N+](=O)[O-])c1)c1ccc(F)cc1. The summed E-state index contributed by atoms with van der Waals surface area (Å²) in [7, 11) is 0. The summed E-state index contributed by atoms with van der Waals surface area (Å²) in [5, 5.41) is 13.4. The highest BCUT2D eigenvalue weighted by Crippen LogP contribution is 2.15. The van der Waals surface area contributed by atoms with Crippen molar-refractivity contribution in [2.75, 3.05) is 0 Å². The molecule has 0 saturated carbocycles. The molecule has 118 valence electrons. The number of carbonyl (C=O) groups is 1. The molecular formula is C17H15FN2O3. The van der Waals surface area contributed by atoms with E-state index in [0.717, 1.165) is 5.56 Å². The number of rotatable bonds is 5. The minimum Gasteiger partial charge on any atom is -0.346 e. The Balaban J connectivity index is 2.00. The molecule has 0 heterocycles. The van der Waals surface area contributed by atoms with Crippen LogP contribution in [0.4, 0.5) is 10.1 Å². The van der Waals surface area contributed by atoms with Crippen LogP contribution in [-0.4, -0.2) is 10.8 Å². The van der Waals surface area contributed by atoms with E-state index >= 15 is 0 Å². The molecule has 5 nitrogen and oxygen atoms in total. The highest BCUT2D eigenvalue weighted by atomic mass is 19.1. The van der Waals surface area contributed by atoms with Gasteiger partial charge in [0, 0.05) is 18.2 Å². The highest BCUT2D eigenvalue weighted by molar-refractivity contribution is 5.92. The molecule has 2 aromatic rings. The Morgan fingerprint density at radius 1 is 1.26 bits per heavy atom. The maximum absolute atomic E-state index is 12.9. The molecule has 0 radical (unpaired) electrons. The molecule has 0 aliphatic heterocycles. The zero-order valence-corrected chi connectivity index (χ0v) is 12.4. The fourth-order valence-electron chi connectivity index (χ4n) is 2.01. The first-order chi connectivity index (χ1) is 11.0. The van der Waals surface area contributed by atoms with E-state index in [-0.39, 0.29) is 23.5 Å². The number of nitro benzene ring substituents is 1. The largest absolute Gasteiger partial charge is 0.346 e. The van der Waals surface area contributed by atoms with E-state index in [1.165, 1.54) is 36.4 Å². The van der Waals surface area contributed by atoms with Crippen molar-refractivity contribution in [3.8, 4) is 0 Å². The van der Waals surface area contributed by atoms with Crippen LogP contribution in [0.1, 0.15) is 24.1 Å². The van der Waals surface area contributed by atoms with Crippen molar-refractivity contribution in [3.05, 3.63) is 81.7 Å². The number of nitro groups is 1. The standard InChI is InChI=1S/C17H15FN2O3/c1-12(14-6-8-15(18)9-7-14)19-17(21)10-5-13-3-2-4-16(11-13)20(22)23/h2-12H,1H3,(H,19,21)/b10-5+/t12-/m0/s1. The minimum absolute atomic E-state index is 0.0350. The van der Waals surface area contributed by atoms with Gasteiger partial charge in [-0.25, -0.2) is 4.39 Å². The van der Waals surface area contributed by atoms with Gasteiger partial charge < -0.3 is 5.32 Å². The van der Waals surface area contributed by atoms with Crippen molar-refractivity contribution < 1.29 is 14.1 Å². The summed E-state index contributed by atoms with van der Waals surface area (Å²) < 4.78 is 12.9. The molecule has 0 aliphatic rings. The van der Waals surface area contributed by atoms with E-state index in [1.807, 2.05) is 0 Å². The van der Waals surface area contributed by atoms with Crippen molar-refractivity contribution in [1.29, 1.82) is 0 Å². The Kier molecular flexibility index (Phi) is 5.19. The van der Waals surface area contributed by atoms with Crippen LogP contribution in [0.3, 0.4) is 0 Å². The Morgan fingerprint density at radius 3 is 2.61 bits per heavy atom. The number of nitrogens with zero attached hydrogens (tertiary/aromatic N) is 1. The Hall–Kier alpha value is -3.02. The normalized spacial score (nSPS) is 12.1. The van der Waals surface area contributed by atoms with Crippen LogP contribution in [0.2, 0.25) is 0 Å².